The lowest BCUT2D eigenvalue weighted by Gasteiger charge is -2.47. The Balaban J connectivity index is 1.40. The van der Waals surface area contributed by atoms with Gasteiger partial charge in [-0.1, -0.05) is 12.8 Å². The number of aryl methyl sites for hydroxylation is 1. The molecule has 1 saturated carbocycles. The molecule has 1 aliphatic carbocycles. The third-order valence-electron chi connectivity index (χ3n) is 6.97. The zero-order valence-corrected chi connectivity index (χ0v) is 18.1. The highest BCUT2D eigenvalue weighted by Crippen LogP contribution is 2.42. The molecule has 0 amide bonds. The zero-order chi connectivity index (χ0) is 20.0. The zero-order valence-electron chi connectivity index (χ0n) is 17.2. The lowest BCUT2D eigenvalue weighted by molar-refractivity contribution is -0.0314. The van der Waals surface area contributed by atoms with Gasteiger partial charge in [-0.2, -0.15) is 5.10 Å². The summed E-state index contributed by atoms with van der Waals surface area (Å²) in [6, 6.07) is 2.33. The van der Waals surface area contributed by atoms with Crippen molar-refractivity contribution in [1.82, 2.24) is 23.6 Å². The maximum atomic E-state index is 5.55. The molecule has 0 atom stereocenters. The van der Waals surface area contributed by atoms with Crippen LogP contribution in [0.5, 0.6) is 0 Å². The number of hydrogen-bond acceptors (Lipinski definition) is 5. The van der Waals surface area contributed by atoms with Crippen LogP contribution in [-0.2, 0) is 11.8 Å². The minimum Gasteiger partial charge on any atom is -0.379 e. The normalized spacial score (nSPS) is 26.2. The van der Waals surface area contributed by atoms with Crippen molar-refractivity contribution >= 4 is 23.8 Å². The standard InChI is InChI=1S/C22H29N5OS/c1-22(26-7-9-28-10-8-26)5-3-16(4-6-22)17-11-19-20(18-13-24-25(2)14-18)15-27(29)21(19)23-12-17/h11-16,29H,3-10H2,1-2H3/t16-,22+. The maximum absolute atomic E-state index is 5.55. The first-order valence-corrected chi connectivity index (χ1v) is 11.0. The molecule has 2 fully saturated rings. The maximum Gasteiger partial charge on any atom is 0.150 e. The van der Waals surface area contributed by atoms with Gasteiger partial charge in [0.1, 0.15) is 5.65 Å². The predicted octanol–water partition coefficient (Wildman–Crippen LogP) is 3.88. The van der Waals surface area contributed by atoms with Crippen LogP contribution in [-0.4, -0.2) is 55.5 Å². The van der Waals surface area contributed by atoms with E-state index in [9.17, 15) is 0 Å². The smallest absolute Gasteiger partial charge is 0.150 e. The van der Waals surface area contributed by atoms with Crippen LogP contribution in [0.2, 0.25) is 0 Å². The van der Waals surface area contributed by atoms with E-state index in [0.29, 0.717) is 11.5 Å². The lowest BCUT2D eigenvalue weighted by atomic mass is 9.74. The van der Waals surface area contributed by atoms with Crippen LogP contribution in [0.25, 0.3) is 22.2 Å². The fraction of sp³-hybridized carbons (Fsp3) is 0.545. The van der Waals surface area contributed by atoms with Crippen molar-refractivity contribution in [1.29, 1.82) is 0 Å². The first-order valence-electron chi connectivity index (χ1n) is 10.6. The molecule has 5 rings (SSSR count). The summed E-state index contributed by atoms with van der Waals surface area (Å²) >= 11 is 4.58. The summed E-state index contributed by atoms with van der Waals surface area (Å²) in [4.78, 5) is 7.42. The SMILES string of the molecule is Cn1cc(-c2cn(S)c3ncc([C@H]4CC[C@@](C)(N5CCOCC5)CC4)cc23)cn1. The molecular formula is C22H29N5OS. The number of ether oxygens (including phenoxy) is 1. The first-order chi connectivity index (χ1) is 14.0. The Kier molecular flexibility index (Phi) is 4.92. The fourth-order valence-electron chi connectivity index (χ4n) is 5.11. The van der Waals surface area contributed by atoms with E-state index >= 15 is 0 Å². The molecule has 0 aromatic carbocycles. The Morgan fingerprint density at radius 1 is 1.14 bits per heavy atom. The van der Waals surface area contributed by atoms with E-state index < -0.39 is 0 Å². The topological polar surface area (TPSA) is 48.1 Å². The Morgan fingerprint density at radius 3 is 2.59 bits per heavy atom. The largest absolute Gasteiger partial charge is 0.379 e. The van der Waals surface area contributed by atoms with Crippen LogP contribution in [0, 0.1) is 0 Å². The summed E-state index contributed by atoms with van der Waals surface area (Å²) in [6.45, 7) is 6.32. The van der Waals surface area contributed by atoms with E-state index in [1.165, 1.54) is 31.2 Å². The van der Waals surface area contributed by atoms with E-state index in [0.717, 1.165) is 48.5 Å². The van der Waals surface area contributed by atoms with Gasteiger partial charge in [-0.25, -0.2) is 4.98 Å². The number of fused-ring (bicyclic) bond motifs is 1. The van der Waals surface area contributed by atoms with Crippen molar-refractivity contribution in [3.05, 3.63) is 36.4 Å². The minimum atomic E-state index is 0.313. The molecule has 0 radical (unpaired) electrons. The number of thiol groups is 1. The summed E-state index contributed by atoms with van der Waals surface area (Å²) in [5.41, 5.74) is 4.82. The van der Waals surface area contributed by atoms with Crippen LogP contribution < -0.4 is 0 Å². The number of pyridine rings is 1. The molecule has 0 unspecified atom stereocenters. The van der Waals surface area contributed by atoms with Crippen molar-refractivity contribution in [2.24, 2.45) is 7.05 Å². The third kappa shape index (κ3) is 3.49. The van der Waals surface area contributed by atoms with Crippen molar-refractivity contribution < 1.29 is 4.74 Å². The Morgan fingerprint density at radius 2 is 1.90 bits per heavy atom. The van der Waals surface area contributed by atoms with Crippen LogP contribution in [0.3, 0.4) is 0 Å². The Labute approximate surface area is 177 Å². The second kappa shape index (κ2) is 7.45. The van der Waals surface area contributed by atoms with Crippen LogP contribution >= 0.6 is 12.8 Å². The van der Waals surface area contributed by atoms with E-state index in [-0.39, 0.29) is 0 Å². The number of rotatable bonds is 3. The number of aromatic nitrogens is 4. The number of nitrogens with zero attached hydrogens (tertiary/aromatic N) is 5. The highest BCUT2D eigenvalue weighted by atomic mass is 32.1. The van der Waals surface area contributed by atoms with Gasteiger partial charge in [0.05, 0.1) is 19.4 Å². The Hall–Kier alpha value is -1.83. The van der Waals surface area contributed by atoms with E-state index in [2.05, 4.69) is 42.0 Å². The summed E-state index contributed by atoms with van der Waals surface area (Å²) in [5, 5.41) is 5.49. The van der Waals surface area contributed by atoms with Crippen molar-refractivity contribution in [2.75, 3.05) is 26.3 Å². The van der Waals surface area contributed by atoms with Gasteiger partial charge in [0, 0.05) is 60.8 Å². The van der Waals surface area contributed by atoms with Crippen LogP contribution in [0.4, 0.5) is 0 Å². The molecule has 29 heavy (non-hydrogen) atoms. The van der Waals surface area contributed by atoms with Gasteiger partial charge in [-0.3, -0.25) is 13.6 Å². The summed E-state index contributed by atoms with van der Waals surface area (Å²) < 4.78 is 9.21. The molecule has 6 nitrogen and oxygen atoms in total. The van der Waals surface area contributed by atoms with Gasteiger partial charge in [0.15, 0.2) is 0 Å². The second-order valence-electron chi connectivity index (χ2n) is 8.80. The van der Waals surface area contributed by atoms with Crippen molar-refractivity contribution in [2.45, 2.75) is 44.1 Å². The van der Waals surface area contributed by atoms with Crippen molar-refractivity contribution in [3.63, 3.8) is 0 Å². The van der Waals surface area contributed by atoms with E-state index in [1.54, 1.807) is 0 Å². The molecule has 2 aliphatic rings. The molecule has 1 saturated heterocycles. The first kappa shape index (κ1) is 19.2. The van der Waals surface area contributed by atoms with Gasteiger partial charge >= 0.3 is 0 Å². The highest BCUT2D eigenvalue weighted by molar-refractivity contribution is 7.78. The van der Waals surface area contributed by atoms with Gasteiger partial charge in [-0.05, 0) is 50.2 Å². The predicted molar refractivity (Wildman–Crippen MR) is 118 cm³/mol. The summed E-state index contributed by atoms with van der Waals surface area (Å²) in [6.07, 6.45) is 12.9. The van der Waals surface area contributed by atoms with Crippen LogP contribution in [0.1, 0.15) is 44.1 Å². The molecule has 7 heteroatoms. The molecule has 0 spiro atoms. The number of morpholine rings is 1. The number of hydrogen-bond donors (Lipinski definition) is 1. The van der Waals surface area contributed by atoms with E-state index in [1.807, 2.05) is 34.3 Å². The Bertz CT molecular complexity index is 1010. The molecule has 4 heterocycles. The third-order valence-corrected chi connectivity index (χ3v) is 7.28. The monoisotopic (exact) mass is 411 g/mol. The van der Waals surface area contributed by atoms with Gasteiger partial charge < -0.3 is 4.74 Å². The van der Waals surface area contributed by atoms with E-state index in [4.69, 9.17) is 9.72 Å². The van der Waals surface area contributed by atoms with Gasteiger partial charge in [-0.15, -0.1) is 0 Å². The lowest BCUT2D eigenvalue weighted by Crippen LogP contribution is -2.53. The van der Waals surface area contributed by atoms with Gasteiger partial charge in [0.25, 0.3) is 0 Å². The van der Waals surface area contributed by atoms with Gasteiger partial charge in [0.2, 0.25) is 0 Å². The molecule has 1 aliphatic heterocycles. The molecule has 0 bridgehead atoms. The fourth-order valence-corrected chi connectivity index (χ4v) is 5.39. The van der Waals surface area contributed by atoms with Crippen LogP contribution in [0.15, 0.2) is 30.9 Å². The molecular weight excluding hydrogens is 382 g/mol. The molecule has 3 aromatic rings. The quantitative estimate of drug-likeness (QED) is 0.665. The summed E-state index contributed by atoms with van der Waals surface area (Å²) in [7, 11) is 1.94. The average molecular weight is 412 g/mol. The summed E-state index contributed by atoms with van der Waals surface area (Å²) in [5.74, 6) is 0.575. The molecule has 3 aromatic heterocycles. The highest BCUT2D eigenvalue weighted by Gasteiger charge is 2.37. The average Bonchev–Trinajstić information content (AvgIpc) is 3.32. The molecule has 0 N–H and O–H groups in total. The van der Waals surface area contributed by atoms with Crippen molar-refractivity contribution in [3.8, 4) is 11.1 Å². The second-order valence-corrected chi connectivity index (χ2v) is 9.23. The molecule has 154 valence electrons. The minimum absolute atomic E-state index is 0.313.